The summed E-state index contributed by atoms with van der Waals surface area (Å²) < 4.78 is 10.1. The summed E-state index contributed by atoms with van der Waals surface area (Å²) in [4.78, 5) is 22.8. The number of ether oxygens (including phenoxy) is 2. The highest BCUT2D eigenvalue weighted by molar-refractivity contribution is 5.94. The van der Waals surface area contributed by atoms with E-state index in [-0.39, 0.29) is 18.6 Å². The first kappa shape index (κ1) is 14.0. The SMILES string of the molecule is CCOC(=O)C(C(=O)O)C1CCCC(OC)C1. The molecule has 1 N–H and O–H groups in total. The fourth-order valence-electron chi connectivity index (χ4n) is 2.42. The third kappa shape index (κ3) is 3.70. The van der Waals surface area contributed by atoms with Gasteiger partial charge in [-0.3, -0.25) is 9.59 Å². The second-order valence-corrected chi connectivity index (χ2v) is 4.35. The van der Waals surface area contributed by atoms with Gasteiger partial charge in [0.05, 0.1) is 12.7 Å². The van der Waals surface area contributed by atoms with Gasteiger partial charge in [0, 0.05) is 7.11 Å². The fourth-order valence-corrected chi connectivity index (χ4v) is 2.42. The van der Waals surface area contributed by atoms with Crippen LogP contribution in [0.1, 0.15) is 32.6 Å². The monoisotopic (exact) mass is 244 g/mol. The fraction of sp³-hybridized carbons (Fsp3) is 0.833. The molecule has 0 aromatic heterocycles. The number of hydrogen-bond donors (Lipinski definition) is 1. The van der Waals surface area contributed by atoms with E-state index in [0.29, 0.717) is 6.42 Å². The van der Waals surface area contributed by atoms with Gasteiger partial charge >= 0.3 is 11.9 Å². The van der Waals surface area contributed by atoms with Gasteiger partial charge in [0.15, 0.2) is 5.92 Å². The topological polar surface area (TPSA) is 72.8 Å². The second-order valence-electron chi connectivity index (χ2n) is 4.35. The lowest BCUT2D eigenvalue weighted by Crippen LogP contribution is -2.37. The highest BCUT2D eigenvalue weighted by Gasteiger charge is 2.38. The molecule has 1 aliphatic rings. The van der Waals surface area contributed by atoms with Gasteiger partial charge in [0.25, 0.3) is 0 Å². The molecule has 0 amide bonds. The molecule has 0 aliphatic heterocycles. The zero-order chi connectivity index (χ0) is 12.8. The maximum absolute atomic E-state index is 11.6. The van der Waals surface area contributed by atoms with Gasteiger partial charge in [-0.15, -0.1) is 0 Å². The smallest absolute Gasteiger partial charge is 0.320 e. The Hall–Kier alpha value is -1.10. The van der Waals surface area contributed by atoms with Crippen molar-refractivity contribution in [2.24, 2.45) is 11.8 Å². The van der Waals surface area contributed by atoms with E-state index >= 15 is 0 Å². The number of hydrogen-bond acceptors (Lipinski definition) is 4. The first-order chi connectivity index (χ1) is 8.10. The third-order valence-corrected chi connectivity index (χ3v) is 3.28. The summed E-state index contributed by atoms with van der Waals surface area (Å²) in [7, 11) is 1.62. The number of rotatable bonds is 5. The van der Waals surface area contributed by atoms with E-state index in [1.54, 1.807) is 14.0 Å². The number of carbonyl (C=O) groups is 2. The molecule has 1 aliphatic carbocycles. The quantitative estimate of drug-likeness (QED) is 0.585. The van der Waals surface area contributed by atoms with Crippen LogP contribution in [0.25, 0.3) is 0 Å². The van der Waals surface area contributed by atoms with Gasteiger partial charge in [0.2, 0.25) is 0 Å². The summed E-state index contributed by atoms with van der Waals surface area (Å²) in [5.41, 5.74) is 0. The molecular weight excluding hydrogens is 224 g/mol. The Kier molecular flexibility index (Phi) is 5.41. The predicted molar refractivity (Wildman–Crippen MR) is 60.5 cm³/mol. The van der Waals surface area contributed by atoms with Crippen LogP contribution in [0.2, 0.25) is 0 Å². The molecule has 0 heterocycles. The molecule has 0 radical (unpaired) electrons. The maximum atomic E-state index is 11.6. The molecule has 0 spiro atoms. The van der Waals surface area contributed by atoms with E-state index in [4.69, 9.17) is 14.6 Å². The van der Waals surface area contributed by atoms with Crippen molar-refractivity contribution < 1.29 is 24.2 Å². The average Bonchev–Trinajstić information content (AvgIpc) is 2.29. The normalized spacial score (nSPS) is 26.2. The average molecular weight is 244 g/mol. The van der Waals surface area contributed by atoms with Gasteiger partial charge in [-0.25, -0.2) is 0 Å². The highest BCUT2D eigenvalue weighted by atomic mass is 16.5. The van der Waals surface area contributed by atoms with Crippen molar-refractivity contribution in [2.45, 2.75) is 38.7 Å². The second kappa shape index (κ2) is 6.59. The molecule has 1 rings (SSSR count). The first-order valence-electron chi connectivity index (χ1n) is 6.02. The molecule has 3 atom stereocenters. The van der Waals surface area contributed by atoms with Crippen LogP contribution in [0.5, 0.6) is 0 Å². The van der Waals surface area contributed by atoms with Crippen molar-refractivity contribution in [3.05, 3.63) is 0 Å². The molecule has 1 saturated carbocycles. The summed E-state index contributed by atoms with van der Waals surface area (Å²) in [6, 6.07) is 0. The minimum absolute atomic E-state index is 0.0602. The van der Waals surface area contributed by atoms with Crippen LogP contribution in [0.3, 0.4) is 0 Å². The minimum Gasteiger partial charge on any atom is -0.481 e. The summed E-state index contributed by atoms with van der Waals surface area (Å²) in [6.07, 6.45) is 3.25. The Labute approximate surface area is 101 Å². The van der Waals surface area contributed by atoms with E-state index in [2.05, 4.69) is 0 Å². The Morgan fingerprint density at radius 2 is 2.12 bits per heavy atom. The molecule has 0 saturated heterocycles. The molecule has 17 heavy (non-hydrogen) atoms. The van der Waals surface area contributed by atoms with Crippen LogP contribution >= 0.6 is 0 Å². The van der Waals surface area contributed by atoms with Crippen LogP contribution in [0.15, 0.2) is 0 Å². The molecule has 5 nitrogen and oxygen atoms in total. The number of carbonyl (C=O) groups excluding carboxylic acids is 1. The largest absolute Gasteiger partial charge is 0.481 e. The Balaban J connectivity index is 2.69. The molecule has 3 unspecified atom stereocenters. The number of methoxy groups -OCH3 is 1. The zero-order valence-electron chi connectivity index (χ0n) is 10.3. The number of aliphatic carboxylic acids is 1. The molecule has 0 aromatic carbocycles. The molecule has 1 fully saturated rings. The molecular formula is C12H20O5. The highest BCUT2D eigenvalue weighted by Crippen LogP contribution is 2.32. The number of esters is 1. The molecule has 98 valence electrons. The van der Waals surface area contributed by atoms with Crippen LogP contribution < -0.4 is 0 Å². The lowest BCUT2D eigenvalue weighted by molar-refractivity contribution is -0.162. The maximum Gasteiger partial charge on any atom is 0.320 e. The molecule has 0 bridgehead atoms. The van der Waals surface area contributed by atoms with Gasteiger partial charge in [0.1, 0.15) is 0 Å². The summed E-state index contributed by atoms with van der Waals surface area (Å²) in [5.74, 6) is -2.94. The lowest BCUT2D eigenvalue weighted by atomic mass is 9.78. The van der Waals surface area contributed by atoms with Crippen molar-refractivity contribution in [1.82, 2.24) is 0 Å². The van der Waals surface area contributed by atoms with Crippen LogP contribution in [-0.4, -0.2) is 36.9 Å². The van der Waals surface area contributed by atoms with E-state index in [0.717, 1.165) is 19.3 Å². The number of carboxylic acid groups (broad SMARTS) is 1. The zero-order valence-corrected chi connectivity index (χ0v) is 10.3. The number of carboxylic acids is 1. The third-order valence-electron chi connectivity index (χ3n) is 3.28. The van der Waals surface area contributed by atoms with Crippen molar-refractivity contribution >= 4 is 11.9 Å². The first-order valence-corrected chi connectivity index (χ1v) is 6.02. The van der Waals surface area contributed by atoms with Crippen LogP contribution in [-0.2, 0) is 19.1 Å². The Morgan fingerprint density at radius 1 is 1.41 bits per heavy atom. The molecule has 0 aromatic rings. The van der Waals surface area contributed by atoms with Crippen LogP contribution in [0.4, 0.5) is 0 Å². The predicted octanol–water partition coefficient (Wildman–Crippen LogP) is 1.46. The van der Waals surface area contributed by atoms with Gasteiger partial charge < -0.3 is 14.6 Å². The van der Waals surface area contributed by atoms with Crippen LogP contribution in [0, 0.1) is 11.8 Å². The van der Waals surface area contributed by atoms with Crippen molar-refractivity contribution in [2.75, 3.05) is 13.7 Å². The summed E-state index contributed by atoms with van der Waals surface area (Å²) in [6.45, 7) is 1.89. The lowest BCUT2D eigenvalue weighted by Gasteiger charge is -2.30. The van der Waals surface area contributed by atoms with E-state index < -0.39 is 17.9 Å². The summed E-state index contributed by atoms with van der Waals surface area (Å²) >= 11 is 0. The molecule has 5 heteroatoms. The van der Waals surface area contributed by atoms with E-state index in [9.17, 15) is 9.59 Å². The summed E-state index contributed by atoms with van der Waals surface area (Å²) in [5, 5.41) is 9.14. The van der Waals surface area contributed by atoms with E-state index in [1.165, 1.54) is 0 Å². The van der Waals surface area contributed by atoms with E-state index in [1.807, 2.05) is 0 Å². The minimum atomic E-state index is -1.09. The Bertz CT molecular complexity index is 276. The standard InChI is InChI=1S/C12H20O5/c1-3-17-12(15)10(11(13)14)8-5-4-6-9(7-8)16-2/h8-10H,3-7H2,1-2H3,(H,13,14). The Morgan fingerprint density at radius 3 is 2.65 bits per heavy atom. The van der Waals surface area contributed by atoms with Crippen molar-refractivity contribution in [3.63, 3.8) is 0 Å². The van der Waals surface area contributed by atoms with Crippen molar-refractivity contribution in [3.8, 4) is 0 Å². The van der Waals surface area contributed by atoms with Crippen molar-refractivity contribution in [1.29, 1.82) is 0 Å². The van der Waals surface area contributed by atoms with Gasteiger partial charge in [-0.05, 0) is 32.1 Å². The van der Waals surface area contributed by atoms with Gasteiger partial charge in [-0.2, -0.15) is 0 Å². The van der Waals surface area contributed by atoms with Gasteiger partial charge in [-0.1, -0.05) is 6.42 Å².